The smallest absolute Gasteiger partial charge is 0.0238 e. The summed E-state index contributed by atoms with van der Waals surface area (Å²) in [6.45, 7) is 4.66. The monoisotopic (exact) mass is 266 g/mol. The van der Waals surface area contributed by atoms with E-state index in [4.69, 9.17) is 0 Å². The van der Waals surface area contributed by atoms with E-state index in [1.807, 2.05) is 0 Å². The van der Waals surface area contributed by atoms with E-state index < -0.39 is 0 Å². The Bertz CT molecular complexity index is 523. The molecule has 1 aromatic carbocycles. The second-order valence-corrected chi connectivity index (χ2v) is 6.78. The van der Waals surface area contributed by atoms with E-state index in [1.54, 1.807) is 0 Å². The number of aryl methyl sites for hydroxylation is 2. The van der Waals surface area contributed by atoms with Crippen molar-refractivity contribution in [1.82, 2.24) is 0 Å². The summed E-state index contributed by atoms with van der Waals surface area (Å²) >= 11 is 0. The van der Waals surface area contributed by atoms with E-state index in [0.717, 1.165) is 17.3 Å². The summed E-state index contributed by atoms with van der Waals surface area (Å²) in [4.78, 5) is 0. The molecule has 0 radical (unpaired) electrons. The Morgan fingerprint density at radius 3 is 2.40 bits per heavy atom. The fourth-order valence-corrected chi connectivity index (χ4v) is 4.20. The van der Waals surface area contributed by atoms with Crippen molar-refractivity contribution in [3.8, 4) is 0 Å². The number of hydrogen-bond donors (Lipinski definition) is 0. The topological polar surface area (TPSA) is 0 Å². The lowest BCUT2D eigenvalue weighted by atomic mass is 9.78. The van der Waals surface area contributed by atoms with Crippen LogP contribution in [0.15, 0.2) is 48.5 Å². The zero-order valence-electron chi connectivity index (χ0n) is 12.8. The van der Waals surface area contributed by atoms with Gasteiger partial charge in [0.2, 0.25) is 0 Å². The molecule has 106 valence electrons. The van der Waals surface area contributed by atoms with Crippen molar-refractivity contribution in [2.24, 2.45) is 17.3 Å². The molecule has 1 aromatic rings. The van der Waals surface area contributed by atoms with E-state index in [1.165, 1.54) is 43.2 Å². The standard InChI is InChI=1S/C20H26/c1-16-9-6-4-3-5-7-10-18(15-16)11-12-19-17(2)20(19)13-8-14-20/h3-7,9-10,15,17,19H,8,11-14H2,1-2H3. The van der Waals surface area contributed by atoms with Gasteiger partial charge in [-0.25, -0.2) is 0 Å². The highest BCUT2D eigenvalue weighted by Crippen LogP contribution is 2.71. The molecule has 0 aliphatic heterocycles. The minimum atomic E-state index is 0.786. The molecule has 0 nitrogen and oxygen atoms in total. The quantitative estimate of drug-likeness (QED) is 0.678. The second kappa shape index (κ2) is 5.60. The predicted octanol–water partition coefficient (Wildman–Crippen LogP) is 5.49. The van der Waals surface area contributed by atoms with Crippen LogP contribution < -0.4 is 0 Å². The molecule has 3 rings (SSSR count). The predicted molar refractivity (Wildman–Crippen MR) is 86.1 cm³/mol. The Morgan fingerprint density at radius 1 is 1.05 bits per heavy atom. The zero-order chi connectivity index (χ0) is 14.0. The van der Waals surface area contributed by atoms with E-state index in [9.17, 15) is 0 Å². The Morgan fingerprint density at radius 2 is 1.75 bits per heavy atom. The van der Waals surface area contributed by atoms with E-state index in [0.29, 0.717) is 0 Å². The van der Waals surface area contributed by atoms with Gasteiger partial charge in [-0.2, -0.15) is 0 Å². The summed E-state index contributed by atoms with van der Waals surface area (Å²) in [7, 11) is 0. The Hall–Kier alpha value is -1.30. The van der Waals surface area contributed by atoms with Crippen molar-refractivity contribution >= 4 is 0 Å². The van der Waals surface area contributed by atoms with Crippen molar-refractivity contribution < 1.29 is 0 Å². The van der Waals surface area contributed by atoms with Gasteiger partial charge >= 0.3 is 0 Å². The molecule has 2 aliphatic carbocycles. The van der Waals surface area contributed by atoms with Gasteiger partial charge in [-0.15, -0.1) is 0 Å². The van der Waals surface area contributed by atoms with Crippen molar-refractivity contribution in [2.45, 2.75) is 46.0 Å². The molecule has 0 heteroatoms. The van der Waals surface area contributed by atoms with Crippen molar-refractivity contribution in [1.29, 1.82) is 0 Å². The third-order valence-electron chi connectivity index (χ3n) is 5.70. The zero-order valence-corrected chi connectivity index (χ0v) is 12.8. The third-order valence-corrected chi connectivity index (χ3v) is 5.70. The van der Waals surface area contributed by atoms with Crippen molar-refractivity contribution in [3.63, 3.8) is 0 Å². The molecule has 2 atom stereocenters. The molecular weight excluding hydrogens is 240 g/mol. The van der Waals surface area contributed by atoms with Gasteiger partial charge in [-0.05, 0) is 55.4 Å². The summed E-state index contributed by atoms with van der Waals surface area (Å²) in [5, 5.41) is 0. The maximum Gasteiger partial charge on any atom is -0.0238 e. The normalized spacial score (nSPS) is 25.7. The molecule has 0 aromatic heterocycles. The summed E-state index contributed by atoms with van der Waals surface area (Å²) in [5.41, 5.74) is 3.61. The SMILES string of the molecule is Cc1cccccccc(CCC2C(C)C23CCC3)c1. The average molecular weight is 266 g/mol. The Labute approximate surface area is 123 Å². The van der Waals surface area contributed by atoms with Crippen molar-refractivity contribution in [2.75, 3.05) is 0 Å². The van der Waals surface area contributed by atoms with Gasteiger partial charge in [0.05, 0.1) is 0 Å². The van der Waals surface area contributed by atoms with E-state index >= 15 is 0 Å². The van der Waals surface area contributed by atoms with Gasteiger partial charge in [0.15, 0.2) is 0 Å². The van der Waals surface area contributed by atoms with Crippen LogP contribution >= 0.6 is 0 Å². The first kappa shape index (κ1) is 13.7. The van der Waals surface area contributed by atoms with Gasteiger partial charge in [-0.1, -0.05) is 67.4 Å². The van der Waals surface area contributed by atoms with Gasteiger partial charge in [0.1, 0.15) is 0 Å². The average Bonchev–Trinajstić information content (AvgIpc) is 3.00. The molecule has 20 heavy (non-hydrogen) atoms. The molecule has 0 N–H and O–H groups in total. The molecule has 2 aliphatic rings. The van der Waals surface area contributed by atoms with Crippen LogP contribution in [0.25, 0.3) is 0 Å². The molecular formula is C20H26. The van der Waals surface area contributed by atoms with Crippen LogP contribution in [0.2, 0.25) is 0 Å². The highest BCUT2D eigenvalue weighted by atomic mass is 14.7. The second-order valence-electron chi connectivity index (χ2n) is 6.78. The highest BCUT2D eigenvalue weighted by molar-refractivity contribution is 5.20. The fraction of sp³-hybridized carbons (Fsp3) is 0.500. The molecule has 1 spiro atoms. The minimum Gasteiger partial charge on any atom is -0.0623 e. The van der Waals surface area contributed by atoms with Gasteiger partial charge < -0.3 is 0 Å². The molecule has 0 bridgehead atoms. The third kappa shape index (κ3) is 2.61. The lowest BCUT2D eigenvalue weighted by molar-refractivity contribution is 0.240. The van der Waals surface area contributed by atoms with Crippen LogP contribution in [0.1, 0.15) is 43.7 Å². The Kier molecular flexibility index (Phi) is 3.83. The van der Waals surface area contributed by atoms with Crippen LogP contribution in [-0.4, -0.2) is 0 Å². The first-order chi connectivity index (χ1) is 9.72. The lowest BCUT2D eigenvalue weighted by Gasteiger charge is -2.27. The van der Waals surface area contributed by atoms with E-state index in [-0.39, 0.29) is 0 Å². The molecule has 0 amide bonds. The number of rotatable bonds is 3. The maximum absolute atomic E-state index is 2.47. The fourth-order valence-electron chi connectivity index (χ4n) is 4.20. The molecule has 0 saturated heterocycles. The summed E-state index contributed by atoms with van der Waals surface area (Å²) in [5.74, 6) is 1.99. The van der Waals surface area contributed by atoms with E-state index in [2.05, 4.69) is 62.4 Å². The first-order valence-electron chi connectivity index (χ1n) is 8.11. The van der Waals surface area contributed by atoms with Gasteiger partial charge in [0.25, 0.3) is 0 Å². The summed E-state index contributed by atoms with van der Waals surface area (Å²) < 4.78 is 0. The van der Waals surface area contributed by atoms with Crippen molar-refractivity contribution in [3.05, 3.63) is 59.7 Å². The summed E-state index contributed by atoms with van der Waals surface area (Å²) in [6, 6.07) is 17.4. The van der Waals surface area contributed by atoms with Crippen LogP contribution in [-0.2, 0) is 6.42 Å². The van der Waals surface area contributed by atoms with Crippen LogP contribution in [0, 0.1) is 24.2 Å². The van der Waals surface area contributed by atoms with Gasteiger partial charge in [0, 0.05) is 0 Å². The molecule has 0 heterocycles. The number of hydrogen-bond acceptors (Lipinski definition) is 0. The molecule has 2 unspecified atom stereocenters. The highest BCUT2D eigenvalue weighted by Gasteiger charge is 2.63. The Balaban J connectivity index is 1.70. The first-order valence-corrected chi connectivity index (χ1v) is 8.11. The molecule has 2 fully saturated rings. The van der Waals surface area contributed by atoms with Crippen LogP contribution in [0.4, 0.5) is 0 Å². The lowest BCUT2D eigenvalue weighted by Crippen LogP contribution is -2.16. The van der Waals surface area contributed by atoms with Crippen LogP contribution in [0.3, 0.4) is 0 Å². The van der Waals surface area contributed by atoms with Crippen LogP contribution in [0.5, 0.6) is 0 Å². The maximum atomic E-state index is 2.47. The molecule has 2 saturated carbocycles. The summed E-state index contributed by atoms with van der Waals surface area (Å²) in [6.07, 6.45) is 7.09. The minimum absolute atomic E-state index is 0.786. The van der Waals surface area contributed by atoms with Gasteiger partial charge in [-0.3, -0.25) is 0 Å². The largest absolute Gasteiger partial charge is 0.0623 e.